The van der Waals surface area contributed by atoms with E-state index >= 15 is 0 Å². The fourth-order valence-electron chi connectivity index (χ4n) is 4.53. The first-order chi connectivity index (χ1) is 18.8. The third-order valence-corrected chi connectivity index (χ3v) is 6.58. The summed E-state index contributed by atoms with van der Waals surface area (Å²) in [6, 6.07) is 17.9. The quantitative estimate of drug-likeness (QED) is 0.271. The molecule has 0 aliphatic carbocycles. The molecule has 0 aliphatic rings. The van der Waals surface area contributed by atoms with Crippen molar-refractivity contribution in [2.75, 3.05) is 5.32 Å². The molecule has 1 amide bonds. The standard InChI is InChI=1S/C31H31N5O3/c1-4-25-15-24(17-32)14-21(3)29(25)30(37)35-27(31(38)39)16-22-5-7-26(8-6-22)36-12-10-23(19-36)18-34-28-13-20(2)9-11-33-28/h5-15,19,27H,4,16,18H2,1-3H3,(H,33,34)(H,35,37)(H,38,39). The number of hydrogen-bond donors (Lipinski definition) is 3. The van der Waals surface area contributed by atoms with Gasteiger partial charge in [-0.15, -0.1) is 0 Å². The molecule has 0 saturated heterocycles. The molecule has 4 rings (SSSR count). The lowest BCUT2D eigenvalue weighted by Gasteiger charge is -2.18. The molecule has 4 aromatic rings. The maximum atomic E-state index is 13.1. The molecule has 0 spiro atoms. The van der Waals surface area contributed by atoms with Crippen LogP contribution in [-0.2, 0) is 24.2 Å². The number of carbonyl (C=O) groups excluding carboxylic acids is 1. The number of rotatable bonds is 10. The van der Waals surface area contributed by atoms with E-state index in [1.165, 1.54) is 0 Å². The molecule has 0 radical (unpaired) electrons. The van der Waals surface area contributed by atoms with Crippen molar-refractivity contribution in [2.24, 2.45) is 0 Å². The molecule has 0 aliphatic heterocycles. The minimum atomic E-state index is -1.11. The second kappa shape index (κ2) is 12.1. The maximum absolute atomic E-state index is 13.1. The van der Waals surface area contributed by atoms with Crippen molar-refractivity contribution in [3.05, 3.63) is 112 Å². The topological polar surface area (TPSA) is 120 Å². The van der Waals surface area contributed by atoms with Crippen molar-refractivity contribution in [3.8, 4) is 11.8 Å². The number of aryl methyl sites for hydroxylation is 3. The molecule has 1 atom stereocenters. The molecule has 2 aromatic heterocycles. The second-order valence-electron chi connectivity index (χ2n) is 9.53. The summed E-state index contributed by atoms with van der Waals surface area (Å²) in [5, 5.41) is 25.0. The normalized spacial score (nSPS) is 11.4. The fraction of sp³-hybridized carbons (Fsp3) is 0.226. The summed E-state index contributed by atoms with van der Waals surface area (Å²) in [5.74, 6) is -0.734. The molecule has 2 heterocycles. The predicted molar refractivity (Wildman–Crippen MR) is 150 cm³/mol. The highest BCUT2D eigenvalue weighted by Crippen LogP contribution is 2.19. The van der Waals surface area contributed by atoms with Crippen LogP contribution < -0.4 is 10.6 Å². The fourth-order valence-corrected chi connectivity index (χ4v) is 4.53. The molecule has 0 fully saturated rings. The van der Waals surface area contributed by atoms with Crippen LogP contribution in [0.4, 0.5) is 5.82 Å². The van der Waals surface area contributed by atoms with Crippen molar-refractivity contribution in [2.45, 2.75) is 46.2 Å². The molecule has 198 valence electrons. The van der Waals surface area contributed by atoms with E-state index in [1.807, 2.05) is 73.3 Å². The summed E-state index contributed by atoms with van der Waals surface area (Å²) < 4.78 is 2.00. The summed E-state index contributed by atoms with van der Waals surface area (Å²) in [6.45, 7) is 6.32. The third kappa shape index (κ3) is 6.70. The minimum absolute atomic E-state index is 0.141. The molecule has 39 heavy (non-hydrogen) atoms. The highest BCUT2D eigenvalue weighted by molar-refractivity contribution is 5.99. The van der Waals surface area contributed by atoms with E-state index in [9.17, 15) is 20.0 Å². The van der Waals surface area contributed by atoms with Crippen LogP contribution in [0.5, 0.6) is 0 Å². The van der Waals surface area contributed by atoms with Crippen LogP contribution in [0.2, 0.25) is 0 Å². The van der Waals surface area contributed by atoms with Crippen LogP contribution in [-0.4, -0.2) is 32.6 Å². The zero-order valence-corrected chi connectivity index (χ0v) is 22.2. The number of carbonyl (C=O) groups is 2. The summed E-state index contributed by atoms with van der Waals surface area (Å²) in [6.07, 6.45) is 6.48. The van der Waals surface area contributed by atoms with Gasteiger partial charge in [0.25, 0.3) is 5.91 Å². The second-order valence-corrected chi connectivity index (χ2v) is 9.53. The minimum Gasteiger partial charge on any atom is -0.480 e. The number of nitriles is 1. The average Bonchev–Trinajstić information content (AvgIpc) is 3.40. The summed E-state index contributed by atoms with van der Waals surface area (Å²) >= 11 is 0. The van der Waals surface area contributed by atoms with E-state index in [4.69, 9.17) is 0 Å². The molecule has 0 saturated carbocycles. The number of nitrogens with zero attached hydrogens (tertiary/aromatic N) is 3. The number of hydrogen-bond acceptors (Lipinski definition) is 5. The van der Waals surface area contributed by atoms with Gasteiger partial charge in [-0.25, -0.2) is 9.78 Å². The third-order valence-electron chi connectivity index (χ3n) is 6.58. The summed E-state index contributed by atoms with van der Waals surface area (Å²) in [7, 11) is 0. The van der Waals surface area contributed by atoms with Crippen LogP contribution in [0.1, 0.15) is 50.7 Å². The monoisotopic (exact) mass is 521 g/mol. The molecular weight excluding hydrogens is 490 g/mol. The average molecular weight is 522 g/mol. The van der Waals surface area contributed by atoms with E-state index in [-0.39, 0.29) is 6.42 Å². The van der Waals surface area contributed by atoms with Crippen molar-refractivity contribution in [3.63, 3.8) is 0 Å². The van der Waals surface area contributed by atoms with Crippen molar-refractivity contribution < 1.29 is 14.7 Å². The molecule has 3 N–H and O–H groups in total. The van der Waals surface area contributed by atoms with Gasteiger partial charge in [0.15, 0.2) is 0 Å². The molecular formula is C31H31N5O3. The Morgan fingerprint density at radius 2 is 1.85 bits per heavy atom. The number of anilines is 1. The van der Waals surface area contributed by atoms with Crippen LogP contribution in [0.25, 0.3) is 5.69 Å². The lowest BCUT2D eigenvalue weighted by molar-refractivity contribution is -0.139. The summed E-state index contributed by atoms with van der Waals surface area (Å²) in [4.78, 5) is 29.4. The number of aliphatic carboxylic acids is 1. The number of carboxylic acids is 1. The largest absolute Gasteiger partial charge is 0.480 e. The van der Waals surface area contributed by atoms with Gasteiger partial charge in [-0.2, -0.15) is 5.26 Å². The maximum Gasteiger partial charge on any atom is 0.326 e. The number of aromatic nitrogens is 2. The van der Waals surface area contributed by atoms with Crippen molar-refractivity contribution in [1.82, 2.24) is 14.9 Å². The zero-order chi connectivity index (χ0) is 27.9. The van der Waals surface area contributed by atoms with Gasteiger partial charge in [-0.3, -0.25) is 4.79 Å². The van der Waals surface area contributed by atoms with Gasteiger partial charge in [0, 0.05) is 42.8 Å². The predicted octanol–water partition coefficient (Wildman–Crippen LogP) is 4.96. The number of amides is 1. The van der Waals surface area contributed by atoms with Gasteiger partial charge in [0.1, 0.15) is 11.9 Å². The van der Waals surface area contributed by atoms with Crippen molar-refractivity contribution >= 4 is 17.7 Å². The summed E-state index contributed by atoms with van der Waals surface area (Å²) in [5.41, 5.74) is 6.24. The van der Waals surface area contributed by atoms with Crippen LogP contribution in [0.3, 0.4) is 0 Å². The van der Waals surface area contributed by atoms with Gasteiger partial charge >= 0.3 is 5.97 Å². The van der Waals surface area contributed by atoms with E-state index < -0.39 is 17.9 Å². The smallest absolute Gasteiger partial charge is 0.326 e. The van der Waals surface area contributed by atoms with Gasteiger partial charge in [-0.05, 0) is 90.6 Å². The Labute approximate surface area is 228 Å². The first-order valence-electron chi connectivity index (χ1n) is 12.8. The van der Waals surface area contributed by atoms with Crippen LogP contribution >= 0.6 is 0 Å². The Bertz CT molecular complexity index is 1530. The molecule has 2 aromatic carbocycles. The zero-order valence-electron chi connectivity index (χ0n) is 22.2. The Balaban J connectivity index is 1.42. The Kier molecular flexibility index (Phi) is 8.42. The van der Waals surface area contributed by atoms with E-state index in [0.29, 0.717) is 35.2 Å². The Morgan fingerprint density at radius 3 is 2.51 bits per heavy atom. The SMILES string of the molecule is CCc1cc(C#N)cc(C)c1C(=O)NC(Cc1ccc(-n2ccc(CNc3cc(C)ccn3)c2)cc1)C(=O)O. The van der Waals surface area contributed by atoms with Crippen LogP contribution in [0, 0.1) is 25.2 Å². The lowest BCUT2D eigenvalue weighted by Crippen LogP contribution is -2.42. The number of nitrogens with one attached hydrogen (secondary N) is 2. The highest BCUT2D eigenvalue weighted by atomic mass is 16.4. The number of carboxylic acid groups (broad SMARTS) is 1. The highest BCUT2D eigenvalue weighted by Gasteiger charge is 2.24. The van der Waals surface area contributed by atoms with Gasteiger partial charge < -0.3 is 20.3 Å². The van der Waals surface area contributed by atoms with Gasteiger partial charge in [-0.1, -0.05) is 19.1 Å². The first-order valence-corrected chi connectivity index (χ1v) is 12.8. The lowest BCUT2D eigenvalue weighted by atomic mass is 9.96. The van der Waals surface area contributed by atoms with E-state index in [1.54, 1.807) is 25.3 Å². The van der Waals surface area contributed by atoms with E-state index in [0.717, 1.165) is 28.2 Å². The first kappa shape index (κ1) is 27.1. The van der Waals surface area contributed by atoms with Crippen molar-refractivity contribution in [1.29, 1.82) is 5.26 Å². The van der Waals surface area contributed by atoms with Crippen LogP contribution in [0.15, 0.2) is 73.2 Å². The Morgan fingerprint density at radius 1 is 1.08 bits per heavy atom. The van der Waals surface area contributed by atoms with E-state index in [2.05, 4.69) is 21.7 Å². The number of benzene rings is 2. The van der Waals surface area contributed by atoms with Gasteiger partial charge in [0.2, 0.25) is 0 Å². The molecule has 8 heteroatoms. The Hall–Kier alpha value is -4.90. The molecule has 8 nitrogen and oxygen atoms in total. The molecule has 0 bridgehead atoms. The van der Waals surface area contributed by atoms with Gasteiger partial charge in [0.05, 0.1) is 11.6 Å². The molecule has 1 unspecified atom stereocenters. The number of pyridine rings is 1.